The lowest BCUT2D eigenvalue weighted by Gasteiger charge is -2.30. The summed E-state index contributed by atoms with van der Waals surface area (Å²) in [5, 5.41) is 13.5. The number of benzene rings is 1. The highest BCUT2D eigenvalue weighted by molar-refractivity contribution is 6.30. The molecule has 1 amide bonds. The van der Waals surface area contributed by atoms with Gasteiger partial charge in [-0.2, -0.15) is 0 Å². The van der Waals surface area contributed by atoms with Gasteiger partial charge in [0.1, 0.15) is 0 Å². The minimum Gasteiger partial charge on any atom is -0.389 e. The van der Waals surface area contributed by atoms with Crippen molar-refractivity contribution in [3.63, 3.8) is 0 Å². The lowest BCUT2D eigenvalue weighted by atomic mass is 10.1. The fourth-order valence-electron chi connectivity index (χ4n) is 2.12. The average molecular weight is 313 g/mol. The molecule has 0 heterocycles. The van der Waals surface area contributed by atoms with Crippen molar-refractivity contribution in [1.82, 2.24) is 10.2 Å². The zero-order valence-corrected chi connectivity index (χ0v) is 14.1. The Labute approximate surface area is 132 Å². The van der Waals surface area contributed by atoms with Gasteiger partial charge >= 0.3 is 0 Å². The molecule has 1 aromatic rings. The van der Waals surface area contributed by atoms with E-state index in [1.807, 2.05) is 50.1 Å². The van der Waals surface area contributed by atoms with Crippen molar-refractivity contribution in [2.75, 3.05) is 13.6 Å². The van der Waals surface area contributed by atoms with Crippen LogP contribution in [0.4, 0.5) is 0 Å². The Kier molecular flexibility index (Phi) is 6.20. The summed E-state index contributed by atoms with van der Waals surface area (Å²) < 4.78 is 0. The monoisotopic (exact) mass is 312 g/mol. The topological polar surface area (TPSA) is 52.6 Å². The zero-order chi connectivity index (χ0) is 16.2. The highest BCUT2D eigenvalue weighted by Crippen LogP contribution is 2.16. The third-order valence-electron chi connectivity index (χ3n) is 3.41. The molecular formula is C16H25ClN2O2. The predicted molar refractivity (Wildman–Crippen MR) is 86.4 cm³/mol. The summed E-state index contributed by atoms with van der Waals surface area (Å²) in [5.74, 6) is -0.0656. The van der Waals surface area contributed by atoms with Crippen molar-refractivity contribution < 1.29 is 9.90 Å². The van der Waals surface area contributed by atoms with Crippen LogP contribution in [0.25, 0.3) is 0 Å². The van der Waals surface area contributed by atoms with Crippen LogP contribution in [0, 0.1) is 0 Å². The Bertz CT molecular complexity index is 468. The Hall–Kier alpha value is -1.10. The molecule has 1 aromatic carbocycles. The summed E-state index contributed by atoms with van der Waals surface area (Å²) in [7, 11) is 1.83. The van der Waals surface area contributed by atoms with Crippen LogP contribution >= 0.6 is 11.6 Å². The van der Waals surface area contributed by atoms with Gasteiger partial charge < -0.3 is 10.4 Å². The number of nitrogens with one attached hydrogen (secondary N) is 1. The molecule has 2 unspecified atom stereocenters. The molecule has 0 aliphatic carbocycles. The van der Waals surface area contributed by atoms with Gasteiger partial charge in [0.25, 0.3) is 0 Å². The van der Waals surface area contributed by atoms with Gasteiger partial charge in [-0.1, -0.05) is 23.7 Å². The molecule has 0 bridgehead atoms. The first-order valence-electron chi connectivity index (χ1n) is 7.08. The molecule has 5 heteroatoms. The zero-order valence-electron chi connectivity index (χ0n) is 13.4. The molecule has 0 spiro atoms. The first-order chi connectivity index (χ1) is 9.60. The molecule has 0 aliphatic rings. The molecule has 0 aromatic heterocycles. The summed E-state index contributed by atoms with van der Waals surface area (Å²) in [6, 6.07) is 7.02. The summed E-state index contributed by atoms with van der Waals surface area (Å²) in [6.07, 6.45) is 0. The summed E-state index contributed by atoms with van der Waals surface area (Å²) in [6.45, 7) is 7.64. The third kappa shape index (κ3) is 6.04. The lowest BCUT2D eigenvalue weighted by molar-refractivity contribution is -0.126. The molecule has 0 saturated carbocycles. The van der Waals surface area contributed by atoms with Crippen LogP contribution in [0.15, 0.2) is 24.3 Å². The van der Waals surface area contributed by atoms with Gasteiger partial charge in [-0.25, -0.2) is 0 Å². The maximum Gasteiger partial charge on any atom is 0.237 e. The fourth-order valence-corrected chi connectivity index (χ4v) is 2.24. The molecule has 4 nitrogen and oxygen atoms in total. The lowest BCUT2D eigenvalue weighted by Crippen LogP contribution is -2.48. The molecule has 0 aliphatic heterocycles. The average Bonchev–Trinajstić information content (AvgIpc) is 2.36. The van der Waals surface area contributed by atoms with Crippen LogP contribution < -0.4 is 5.32 Å². The second-order valence-electron chi connectivity index (χ2n) is 6.19. The second-order valence-corrected chi connectivity index (χ2v) is 6.62. The maximum atomic E-state index is 12.3. The van der Waals surface area contributed by atoms with Crippen LogP contribution in [0.1, 0.15) is 39.3 Å². The molecule has 0 radical (unpaired) electrons. The largest absolute Gasteiger partial charge is 0.389 e. The highest BCUT2D eigenvalue weighted by atomic mass is 35.5. The van der Waals surface area contributed by atoms with Crippen molar-refractivity contribution in [1.29, 1.82) is 0 Å². The number of halogens is 1. The van der Waals surface area contributed by atoms with Crippen LogP contribution in [-0.4, -0.2) is 41.1 Å². The van der Waals surface area contributed by atoms with Crippen LogP contribution in [0.5, 0.6) is 0 Å². The van der Waals surface area contributed by atoms with Gasteiger partial charge in [-0.05, 0) is 52.4 Å². The normalized spacial score (nSPS) is 14.9. The number of nitrogens with zero attached hydrogens (tertiary/aromatic N) is 1. The third-order valence-corrected chi connectivity index (χ3v) is 3.66. The van der Waals surface area contributed by atoms with Crippen molar-refractivity contribution in [2.24, 2.45) is 0 Å². The SMILES string of the molecule is CC(NC(=O)C(C)N(C)CC(C)(C)O)c1ccc(Cl)cc1. The highest BCUT2D eigenvalue weighted by Gasteiger charge is 2.24. The molecule has 118 valence electrons. The molecule has 21 heavy (non-hydrogen) atoms. The Morgan fingerprint density at radius 1 is 1.33 bits per heavy atom. The number of rotatable bonds is 6. The Morgan fingerprint density at radius 3 is 2.33 bits per heavy atom. The Balaban J connectivity index is 2.61. The minimum absolute atomic E-state index is 0.0656. The van der Waals surface area contributed by atoms with E-state index < -0.39 is 5.60 Å². The van der Waals surface area contributed by atoms with Crippen molar-refractivity contribution in [2.45, 2.75) is 45.4 Å². The number of carbonyl (C=O) groups excluding carboxylic acids is 1. The molecule has 1 rings (SSSR count). The number of amides is 1. The molecule has 0 fully saturated rings. The van der Waals surface area contributed by atoms with Crippen LogP contribution in [-0.2, 0) is 4.79 Å². The van der Waals surface area contributed by atoms with Crippen molar-refractivity contribution in [3.8, 4) is 0 Å². The van der Waals surface area contributed by atoms with E-state index in [1.165, 1.54) is 0 Å². The quantitative estimate of drug-likeness (QED) is 0.849. The molecule has 0 saturated heterocycles. The number of hydrogen-bond acceptors (Lipinski definition) is 3. The van der Waals surface area contributed by atoms with Gasteiger partial charge in [0.15, 0.2) is 0 Å². The number of aliphatic hydroxyl groups is 1. The second kappa shape index (κ2) is 7.25. The van der Waals surface area contributed by atoms with E-state index in [0.29, 0.717) is 11.6 Å². The Morgan fingerprint density at radius 2 is 1.86 bits per heavy atom. The van der Waals surface area contributed by atoms with E-state index >= 15 is 0 Å². The summed E-state index contributed by atoms with van der Waals surface area (Å²) in [4.78, 5) is 14.1. The van der Waals surface area contributed by atoms with Crippen molar-refractivity contribution in [3.05, 3.63) is 34.9 Å². The number of likely N-dealkylation sites (N-methyl/N-ethyl adjacent to an activating group) is 1. The first kappa shape index (κ1) is 18.0. The fraction of sp³-hybridized carbons (Fsp3) is 0.562. The number of hydrogen-bond donors (Lipinski definition) is 2. The van der Waals surface area contributed by atoms with E-state index in [1.54, 1.807) is 13.8 Å². The van der Waals surface area contributed by atoms with E-state index in [9.17, 15) is 9.90 Å². The smallest absolute Gasteiger partial charge is 0.237 e. The van der Waals surface area contributed by atoms with E-state index in [-0.39, 0.29) is 18.0 Å². The van der Waals surface area contributed by atoms with Gasteiger partial charge in [-0.15, -0.1) is 0 Å². The van der Waals surface area contributed by atoms with Crippen LogP contribution in [0.3, 0.4) is 0 Å². The minimum atomic E-state index is -0.828. The van der Waals surface area contributed by atoms with Gasteiger partial charge in [0, 0.05) is 11.6 Å². The summed E-state index contributed by atoms with van der Waals surface area (Å²) in [5.41, 5.74) is 0.176. The van der Waals surface area contributed by atoms with E-state index in [4.69, 9.17) is 11.6 Å². The van der Waals surface area contributed by atoms with Crippen molar-refractivity contribution >= 4 is 17.5 Å². The van der Waals surface area contributed by atoms with Gasteiger partial charge in [0.05, 0.1) is 17.7 Å². The maximum absolute atomic E-state index is 12.3. The molecule has 2 N–H and O–H groups in total. The van der Waals surface area contributed by atoms with Gasteiger partial charge in [-0.3, -0.25) is 9.69 Å². The first-order valence-corrected chi connectivity index (χ1v) is 7.46. The van der Waals surface area contributed by atoms with Gasteiger partial charge in [0.2, 0.25) is 5.91 Å². The predicted octanol–water partition coefficient (Wildman–Crippen LogP) is 2.61. The standard InChI is InChI=1S/C16H25ClN2O2/c1-11(13-6-8-14(17)9-7-13)18-15(20)12(2)19(5)10-16(3,4)21/h6-9,11-12,21H,10H2,1-5H3,(H,18,20). The molecular weight excluding hydrogens is 288 g/mol. The van der Waals surface area contributed by atoms with E-state index in [2.05, 4.69) is 5.32 Å². The molecule has 2 atom stereocenters. The number of carbonyl (C=O) groups is 1. The summed E-state index contributed by atoms with van der Waals surface area (Å²) >= 11 is 5.86. The van der Waals surface area contributed by atoms with Crippen LogP contribution in [0.2, 0.25) is 5.02 Å². The van der Waals surface area contributed by atoms with E-state index in [0.717, 1.165) is 5.56 Å².